The third-order valence-electron chi connectivity index (χ3n) is 4.70. The SMILES string of the molecule is COC(=O)c1c(N2C(N)=NC(N)=NC23CCCCC3)cccc1[N+](=O)[O-]. The van der Waals surface area contributed by atoms with E-state index in [2.05, 4.69) is 9.98 Å². The van der Waals surface area contributed by atoms with E-state index in [0.717, 1.165) is 19.3 Å². The Morgan fingerprint density at radius 1 is 1.31 bits per heavy atom. The normalized spacial score (nSPS) is 18.9. The fourth-order valence-electron chi connectivity index (χ4n) is 3.65. The van der Waals surface area contributed by atoms with Gasteiger partial charge < -0.3 is 16.2 Å². The number of guanidine groups is 2. The molecular formula is C16H20N6O4. The molecule has 0 radical (unpaired) electrons. The van der Waals surface area contributed by atoms with Gasteiger partial charge in [-0.15, -0.1) is 0 Å². The number of aliphatic imine (C=N–C) groups is 2. The van der Waals surface area contributed by atoms with E-state index in [1.165, 1.54) is 19.2 Å². The number of benzene rings is 1. The lowest BCUT2D eigenvalue weighted by Crippen LogP contribution is -2.58. The van der Waals surface area contributed by atoms with Gasteiger partial charge in [0.15, 0.2) is 5.56 Å². The Hall–Kier alpha value is -3.17. The molecule has 0 atom stereocenters. The highest BCUT2D eigenvalue weighted by atomic mass is 16.6. The number of nitrogens with zero attached hydrogens (tertiary/aromatic N) is 4. The van der Waals surface area contributed by atoms with Gasteiger partial charge >= 0.3 is 5.97 Å². The Labute approximate surface area is 149 Å². The number of nitro benzene ring substituents is 1. The molecule has 1 heterocycles. The third-order valence-corrected chi connectivity index (χ3v) is 4.70. The molecule has 1 saturated carbocycles. The zero-order valence-electron chi connectivity index (χ0n) is 14.3. The number of nitro groups is 1. The van der Waals surface area contributed by atoms with Crippen LogP contribution in [0.2, 0.25) is 0 Å². The highest BCUT2D eigenvalue weighted by Gasteiger charge is 2.45. The van der Waals surface area contributed by atoms with Crippen LogP contribution in [0.15, 0.2) is 28.2 Å². The molecule has 0 saturated heterocycles. The van der Waals surface area contributed by atoms with Crippen molar-refractivity contribution in [1.29, 1.82) is 0 Å². The van der Waals surface area contributed by atoms with Crippen LogP contribution in [0.25, 0.3) is 0 Å². The van der Waals surface area contributed by atoms with Crippen LogP contribution in [0.4, 0.5) is 11.4 Å². The number of ether oxygens (including phenoxy) is 1. The standard InChI is InChI=1S/C16H20N6O4/c1-26-13(23)12-10(6-5-7-11(12)22(24)25)21-15(18)19-14(17)20-16(21)8-3-2-4-9-16/h5-7H,2-4,8-9H2,1H3,(H4,17,18,19,20). The van der Waals surface area contributed by atoms with Crippen molar-refractivity contribution in [3.05, 3.63) is 33.9 Å². The summed E-state index contributed by atoms with van der Waals surface area (Å²) in [7, 11) is 1.17. The molecule has 0 bridgehead atoms. The molecule has 1 aromatic rings. The lowest BCUT2D eigenvalue weighted by molar-refractivity contribution is -0.385. The molecule has 2 aliphatic rings. The van der Waals surface area contributed by atoms with Crippen molar-refractivity contribution in [1.82, 2.24) is 0 Å². The second-order valence-electron chi connectivity index (χ2n) is 6.24. The minimum atomic E-state index is -0.825. The maximum Gasteiger partial charge on any atom is 0.347 e. The van der Waals surface area contributed by atoms with Gasteiger partial charge in [0.25, 0.3) is 5.69 Å². The number of hydrogen-bond acceptors (Lipinski definition) is 9. The van der Waals surface area contributed by atoms with Crippen LogP contribution < -0.4 is 16.4 Å². The van der Waals surface area contributed by atoms with Crippen molar-refractivity contribution in [2.24, 2.45) is 21.5 Å². The second-order valence-corrected chi connectivity index (χ2v) is 6.24. The molecule has 4 N–H and O–H groups in total. The van der Waals surface area contributed by atoms with Gasteiger partial charge in [-0.2, -0.15) is 4.99 Å². The summed E-state index contributed by atoms with van der Waals surface area (Å²) in [6.45, 7) is 0. The van der Waals surface area contributed by atoms with E-state index in [9.17, 15) is 14.9 Å². The molecule has 1 spiro atoms. The molecule has 10 heteroatoms. The van der Waals surface area contributed by atoms with Crippen LogP contribution in [0.1, 0.15) is 42.5 Å². The monoisotopic (exact) mass is 360 g/mol. The number of hydrogen-bond donors (Lipinski definition) is 2. The van der Waals surface area contributed by atoms with E-state index in [-0.39, 0.29) is 28.9 Å². The average molecular weight is 360 g/mol. The number of nitrogens with two attached hydrogens (primary N) is 2. The molecule has 0 aromatic heterocycles. The summed E-state index contributed by atoms with van der Waals surface area (Å²) in [6.07, 6.45) is 4.12. The van der Waals surface area contributed by atoms with Gasteiger partial charge in [0.05, 0.1) is 17.7 Å². The van der Waals surface area contributed by atoms with Crippen LogP contribution >= 0.6 is 0 Å². The molecule has 1 fully saturated rings. The van der Waals surface area contributed by atoms with Crippen LogP contribution in [-0.2, 0) is 4.74 Å². The summed E-state index contributed by atoms with van der Waals surface area (Å²) in [6, 6.07) is 4.32. The topological polar surface area (TPSA) is 149 Å². The quantitative estimate of drug-likeness (QED) is 0.471. The number of esters is 1. The fraction of sp³-hybridized carbons (Fsp3) is 0.438. The Bertz CT molecular complexity index is 813. The fourth-order valence-corrected chi connectivity index (χ4v) is 3.65. The Morgan fingerprint density at radius 2 is 2.00 bits per heavy atom. The van der Waals surface area contributed by atoms with E-state index < -0.39 is 16.6 Å². The van der Waals surface area contributed by atoms with Gasteiger partial charge in [0.2, 0.25) is 11.9 Å². The van der Waals surface area contributed by atoms with Gasteiger partial charge in [-0.3, -0.25) is 15.0 Å². The zero-order chi connectivity index (χ0) is 18.9. The van der Waals surface area contributed by atoms with E-state index >= 15 is 0 Å². The van der Waals surface area contributed by atoms with Gasteiger partial charge in [0.1, 0.15) is 5.66 Å². The predicted molar refractivity (Wildman–Crippen MR) is 96.0 cm³/mol. The van der Waals surface area contributed by atoms with Crippen LogP contribution in [0.5, 0.6) is 0 Å². The molecule has 1 aliphatic heterocycles. The number of rotatable bonds is 3. The summed E-state index contributed by atoms with van der Waals surface area (Å²) in [5.74, 6) is -0.718. The highest BCUT2D eigenvalue weighted by molar-refractivity contribution is 6.10. The van der Waals surface area contributed by atoms with Gasteiger partial charge in [0, 0.05) is 6.07 Å². The molecular weight excluding hydrogens is 340 g/mol. The first-order chi connectivity index (χ1) is 12.4. The largest absolute Gasteiger partial charge is 0.465 e. The Morgan fingerprint density at radius 3 is 2.62 bits per heavy atom. The maximum atomic E-state index is 12.3. The van der Waals surface area contributed by atoms with Crippen LogP contribution in [0.3, 0.4) is 0 Å². The smallest absolute Gasteiger partial charge is 0.347 e. The third kappa shape index (κ3) is 2.83. The van der Waals surface area contributed by atoms with Crippen molar-refractivity contribution in [3.63, 3.8) is 0 Å². The first kappa shape index (κ1) is 17.6. The van der Waals surface area contributed by atoms with Crippen LogP contribution in [-0.4, -0.2) is 35.6 Å². The Balaban J connectivity index is 2.23. The summed E-state index contributed by atoms with van der Waals surface area (Å²) < 4.78 is 4.78. The molecule has 1 aromatic carbocycles. The van der Waals surface area contributed by atoms with E-state index in [1.807, 2.05) is 0 Å². The molecule has 3 rings (SSSR count). The minimum absolute atomic E-state index is 0.0463. The average Bonchev–Trinajstić information content (AvgIpc) is 2.60. The summed E-state index contributed by atoms with van der Waals surface area (Å²) in [4.78, 5) is 33.3. The summed E-state index contributed by atoms with van der Waals surface area (Å²) in [5.41, 5.74) is 10.8. The van der Waals surface area contributed by atoms with Crippen molar-refractivity contribution in [2.75, 3.05) is 12.0 Å². The lowest BCUT2D eigenvalue weighted by atomic mass is 9.87. The van der Waals surface area contributed by atoms with Gasteiger partial charge in [-0.1, -0.05) is 12.5 Å². The summed E-state index contributed by atoms with van der Waals surface area (Å²) >= 11 is 0. The number of anilines is 1. The van der Waals surface area contributed by atoms with Crippen molar-refractivity contribution in [2.45, 2.75) is 37.8 Å². The van der Waals surface area contributed by atoms with E-state index in [4.69, 9.17) is 16.2 Å². The zero-order valence-corrected chi connectivity index (χ0v) is 14.3. The lowest BCUT2D eigenvalue weighted by Gasteiger charge is -2.45. The predicted octanol–water partition coefficient (Wildman–Crippen LogP) is 1.49. The second kappa shape index (κ2) is 6.62. The molecule has 0 amide bonds. The molecule has 138 valence electrons. The number of carbonyl (C=O) groups excluding carboxylic acids is 1. The molecule has 0 unspecified atom stereocenters. The van der Waals surface area contributed by atoms with Crippen molar-refractivity contribution < 1.29 is 14.5 Å². The first-order valence-electron chi connectivity index (χ1n) is 8.25. The molecule has 1 aliphatic carbocycles. The first-order valence-corrected chi connectivity index (χ1v) is 8.25. The number of methoxy groups -OCH3 is 1. The van der Waals surface area contributed by atoms with Crippen molar-refractivity contribution >= 4 is 29.3 Å². The number of carbonyl (C=O) groups is 1. The van der Waals surface area contributed by atoms with Gasteiger partial charge in [-0.05, 0) is 31.7 Å². The maximum absolute atomic E-state index is 12.3. The summed E-state index contributed by atoms with van der Waals surface area (Å²) in [5, 5.41) is 11.4. The van der Waals surface area contributed by atoms with Crippen LogP contribution in [0, 0.1) is 10.1 Å². The van der Waals surface area contributed by atoms with E-state index in [1.54, 1.807) is 11.0 Å². The van der Waals surface area contributed by atoms with Gasteiger partial charge in [-0.25, -0.2) is 9.79 Å². The minimum Gasteiger partial charge on any atom is -0.465 e. The van der Waals surface area contributed by atoms with Crippen molar-refractivity contribution in [3.8, 4) is 0 Å². The molecule has 26 heavy (non-hydrogen) atoms. The highest BCUT2D eigenvalue weighted by Crippen LogP contribution is 2.42. The van der Waals surface area contributed by atoms with E-state index in [0.29, 0.717) is 12.8 Å². The molecule has 10 nitrogen and oxygen atoms in total. The Kier molecular flexibility index (Phi) is 4.49.